The van der Waals surface area contributed by atoms with Gasteiger partial charge in [0.15, 0.2) is 0 Å². The number of hydrogen-bond donors (Lipinski definition) is 1. The van der Waals surface area contributed by atoms with Crippen LogP contribution in [0, 0.1) is 0 Å². The predicted molar refractivity (Wildman–Crippen MR) is 85.1 cm³/mol. The molecular weight excluding hydrogens is 286 g/mol. The monoisotopic (exact) mass is 303 g/mol. The number of nitrogens with one attached hydrogen (secondary N) is 1. The molecule has 0 aliphatic heterocycles. The van der Waals surface area contributed by atoms with Gasteiger partial charge in [-0.05, 0) is 30.4 Å². The van der Waals surface area contributed by atoms with Crippen molar-refractivity contribution >= 4 is 17.5 Å². The van der Waals surface area contributed by atoms with E-state index in [2.05, 4.69) is 46.1 Å². The van der Waals surface area contributed by atoms with Crippen LogP contribution >= 0.6 is 11.6 Å². The smallest absolute Gasteiger partial charge is 0.271 e. The Morgan fingerprint density at radius 1 is 1.33 bits per heavy atom. The van der Waals surface area contributed by atoms with Gasteiger partial charge in [0.05, 0.1) is 6.20 Å². The van der Waals surface area contributed by atoms with Crippen molar-refractivity contribution in [2.75, 3.05) is 11.4 Å². The lowest BCUT2D eigenvalue weighted by molar-refractivity contribution is 0.594. The highest BCUT2D eigenvalue weighted by molar-refractivity contribution is 6.30. The average molecular weight is 304 g/mol. The van der Waals surface area contributed by atoms with Gasteiger partial charge in [0.1, 0.15) is 5.02 Å². The Morgan fingerprint density at radius 2 is 2.00 bits per heavy atom. The Bertz CT molecular complexity index is 673. The van der Waals surface area contributed by atoms with E-state index in [1.54, 1.807) is 0 Å². The molecule has 0 unspecified atom stereocenters. The quantitative estimate of drug-likeness (QED) is 0.945. The molecule has 3 rings (SSSR count). The molecule has 1 heterocycles. The molecule has 0 bridgehead atoms. The van der Waals surface area contributed by atoms with Gasteiger partial charge < -0.3 is 4.90 Å². The molecule has 1 N–H and O–H groups in total. The zero-order chi connectivity index (χ0) is 14.8. The predicted octanol–water partition coefficient (Wildman–Crippen LogP) is 2.81. The second-order valence-electron chi connectivity index (χ2n) is 5.41. The molecule has 1 aliphatic rings. The Morgan fingerprint density at radius 3 is 2.57 bits per heavy atom. The lowest BCUT2D eigenvalue weighted by Crippen LogP contribution is -2.38. The first-order chi connectivity index (χ1) is 10.2. The topological polar surface area (TPSA) is 49.0 Å². The molecule has 1 aromatic heterocycles. The summed E-state index contributed by atoms with van der Waals surface area (Å²) in [5.41, 5.74) is 2.50. The third-order valence-electron chi connectivity index (χ3n) is 3.95. The van der Waals surface area contributed by atoms with Crippen LogP contribution in [-0.4, -0.2) is 22.6 Å². The fourth-order valence-electron chi connectivity index (χ4n) is 2.97. The van der Waals surface area contributed by atoms with E-state index in [9.17, 15) is 4.79 Å². The van der Waals surface area contributed by atoms with Gasteiger partial charge in [0, 0.05) is 12.6 Å². The van der Waals surface area contributed by atoms with Gasteiger partial charge >= 0.3 is 0 Å². The third kappa shape index (κ3) is 2.81. The highest BCUT2D eigenvalue weighted by Gasteiger charge is 2.27. The Kier molecular flexibility index (Phi) is 3.97. The largest absolute Gasteiger partial charge is 0.339 e. The van der Waals surface area contributed by atoms with Crippen LogP contribution in [0.25, 0.3) is 0 Å². The molecule has 2 aromatic rings. The van der Waals surface area contributed by atoms with Crippen molar-refractivity contribution in [3.63, 3.8) is 0 Å². The van der Waals surface area contributed by atoms with E-state index in [1.165, 1.54) is 17.3 Å². The molecule has 110 valence electrons. The lowest BCUT2D eigenvalue weighted by atomic mass is 10.1. The van der Waals surface area contributed by atoms with Gasteiger partial charge in [-0.15, -0.1) is 0 Å². The van der Waals surface area contributed by atoms with Crippen LogP contribution in [0.2, 0.25) is 5.02 Å². The molecule has 1 aliphatic carbocycles. The molecule has 0 spiro atoms. The van der Waals surface area contributed by atoms with Crippen molar-refractivity contribution in [3.8, 4) is 0 Å². The van der Waals surface area contributed by atoms with Gasteiger partial charge in [-0.2, -0.15) is 0 Å². The summed E-state index contributed by atoms with van der Waals surface area (Å²) in [5.74, 6) is 0.615. The fourth-order valence-corrected chi connectivity index (χ4v) is 3.07. The molecule has 0 amide bonds. The maximum Gasteiger partial charge on any atom is 0.271 e. The number of nitrogens with zero attached hydrogens (tertiary/aromatic N) is 2. The second-order valence-corrected chi connectivity index (χ2v) is 5.82. The van der Waals surface area contributed by atoms with Crippen LogP contribution in [0.1, 0.15) is 24.5 Å². The van der Waals surface area contributed by atoms with Crippen molar-refractivity contribution in [3.05, 3.63) is 57.0 Å². The molecule has 0 atom stereocenters. The second kappa shape index (κ2) is 5.90. The summed E-state index contributed by atoms with van der Waals surface area (Å²) < 4.78 is 0. The van der Waals surface area contributed by atoms with E-state index in [4.69, 9.17) is 11.6 Å². The van der Waals surface area contributed by atoms with Gasteiger partial charge in [-0.25, -0.2) is 4.98 Å². The van der Waals surface area contributed by atoms with E-state index < -0.39 is 0 Å². The summed E-state index contributed by atoms with van der Waals surface area (Å²) in [4.78, 5) is 21.0. The van der Waals surface area contributed by atoms with Gasteiger partial charge in [0.25, 0.3) is 5.56 Å². The van der Waals surface area contributed by atoms with E-state index in [-0.39, 0.29) is 10.6 Å². The standard InChI is InChI=1S/C16H18ClN3O/c1-2-7-20(16-18-10-14(17)15(21)19-16)13-8-11-5-3-4-6-12(11)9-13/h3-6,10,13H,2,7-9H2,1H3,(H,18,19,21). The number of anilines is 1. The number of halogens is 1. The number of H-pyrrole nitrogens is 1. The average Bonchev–Trinajstić information content (AvgIpc) is 2.91. The van der Waals surface area contributed by atoms with Gasteiger partial charge in [-0.1, -0.05) is 42.8 Å². The molecule has 0 saturated heterocycles. The minimum Gasteiger partial charge on any atom is -0.339 e. The number of hydrogen-bond acceptors (Lipinski definition) is 3. The van der Waals surface area contributed by atoms with Gasteiger partial charge in [-0.3, -0.25) is 9.78 Å². The van der Waals surface area contributed by atoms with Crippen molar-refractivity contribution in [2.45, 2.75) is 32.2 Å². The van der Waals surface area contributed by atoms with Crippen LogP contribution in [0.15, 0.2) is 35.3 Å². The zero-order valence-corrected chi connectivity index (χ0v) is 12.7. The number of benzene rings is 1. The lowest BCUT2D eigenvalue weighted by Gasteiger charge is -2.29. The highest BCUT2D eigenvalue weighted by atomic mass is 35.5. The van der Waals surface area contributed by atoms with E-state index in [1.807, 2.05) is 0 Å². The number of rotatable bonds is 4. The SMILES string of the molecule is CCCN(c1ncc(Cl)c(=O)[nH]1)C1Cc2ccccc2C1. The normalized spacial score (nSPS) is 14.2. The maximum absolute atomic E-state index is 11.7. The Labute approximate surface area is 128 Å². The van der Waals surface area contributed by atoms with Crippen LogP contribution in [0.5, 0.6) is 0 Å². The van der Waals surface area contributed by atoms with Gasteiger partial charge in [0.2, 0.25) is 5.95 Å². The first kappa shape index (κ1) is 14.1. The van der Waals surface area contributed by atoms with Crippen LogP contribution in [0.4, 0.5) is 5.95 Å². The molecule has 0 saturated carbocycles. The van der Waals surface area contributed by atoms with E-state index in [0.29, 0.717) is 12.0 Å². The number of fused-ring (bicyclic) bond motifs is 1. The molecule has 4 nitrogen and oxygen atoms in total. The van der Waals surface area contributed by atoms with Crippen molar-refractivity contribution < 1.29 is 0 Å². The molecule has 1 aromatic carbocycles. The summed E-state index contributed by atoms with van der Waals surface area (Å²) in [5, 5.41) is 0.130. The van der Waals surface area contributed by atoms with Crippen molar-refractivity contribution in [2.24, 2.45) is 0 Å². The minimum absolute atomic E-state index is 0.130. The van der Waals surface area contributed by atoms with Crippen LogP contribution in [0.3, 0.4) is 0 Å². The molecular formula is C16H18ClN3O. The Balaban J connectivity index is 1.89. The van der Waals surface area contributed by atoms with Crippen molar-refractivity contribution in [1.82, 2.24) is 9.97 Å². The minimum atomic E-state index is -0.279. The van der Waals surface area contributed by atoms with E-state index in [0.717, 1.165) is 25.8 Å². The maximum atomic E-state index is 11.7. The van der Waals surface area contributed by atoms with Crippen molar-refractivity contribution in [1.29, 1.82) is 0 Å². The molecule has 0 radical (unpaired) electrons. The number of aromatic amines is 1. The summed E-state index contributed by atoms with van der Waals surface area (Å²) in [6, 6.07) is 8.85. The summed E-state index contributed by atoms with van der Waals surface area (Å²) >= 11 is 5.77. The first-order valence-corrected chi connectivity index (χ1v) is 7.65. The van der Waals surface area contributed by atoms with Crippen LogP contribution in [-0.2, 0) is 12.8 Å². The molecule has 21 heavy (non-hydrogen) atoms. The summed E-state index contributed by atoms with van der Waals surface area (Å²) in [6.07, 6.45) is 4.41. The van der Waals surface area contributed by atoms with Crippen LogP contribution < -0.4 is 10.5 Å². The fraction of sp³-hybridized carbons (Fsp3) is 0.375. The zero-order valence-electron chi connectivity index (χ0n) is 12.0. The Hall–Kier alpha value is -1.81. The first-order valence-electron chi connectivity index (χ1n) is 7.27. The van der Waals surface area contributed by atoms with E-state index >= 15 is 0 Å². The highest BCUT2D eigenvalue weighted by Crippen LogP contribution is 2.27. The molecule has 0 fully saturated rings. The number of aromatic nitrogens is 2. The summed E-state index contributed by atoms with van der Waals surface area (Å²) in [7, 11) is 0. The summed E-state index contributed by atoms with van der Waals surface area (Å²) in [6.45, 7) is 2.99. The molecule has 5 heteroatoms. The third-order valence-corrected chi connectivity index (χ3v) is 4.22.